The molecular weight excluding hydrogens is 288 g/mol. The van der Waals surface area contributed by atoms with Crippen LogP contribution in [0.5, 0.6) is 0 Å². The third kappa shape index (κ3) is 5.08. The first-order chi connectivity index (χ1) is 11.3. The zero-order valence-corrected chi connectivity index (χ0v) is 14.6. The lowest BCUT2D eigenvalue weighted by molar-refractivity contribution is 0.149. The van der Waals surface area contributed by atoms with Crippen LogP contribution in [0.25, 0.3) is 0 Å². The molecule has 2 heterocycles. The highest BCUT2D eigenvalue weighted by Gasteiger charge is 2.28. The summed E-state index contributed by atoms with van der Waals surface area (Å²) in [5.41, 5.74) is 0. The van der Waals surface area contributed by atoms with E-state index >= 15 is 0 Å². The van der Waals surface area contributed by atoms with E-state index in [1.54, 1.807) is 0 Å². The van der Waals surface area contributed by atoms with Crippen LogP contribution < -0.4 is 10.6 Å². The Bertz CT molecular complexity index is 358. The van der Waals surface area contributed by atoms with Crippen molar-refractivity contribution in [2.24, 2.45) is 0 Å². The summed E-state index contributed by atoms with van der Waals surface area (Å²) in [7, 11) is 0. The normalized spacial score (nSPS) is 27.0. The summed E-state index contributed by atoms with van der Waals surface area (Å²) in [4.78, 5) is 17.5. The van der Waals surface area contributed by atoms with Gasteiger partial charge in [0, 0.05) is 31.7 Å². The Morgan fingerprint density at radius 1 is 1.04 bits per heavy atom. The lowest BCUT2D eigenvalue weighted by atomic mass is 9.96. The maximum Gasteiger partial charge on any atom is 0.317 e. The zero-order valence-electron chi connectivity index (χ0n) is 14.6. The molecule has 2 N–H and O–H groups in total. The molecule has 0 aromatic heterocycles. The molecule has 0 spiro atoms. The van der Waals surface area contributed by atoms with E-state index in [9.17, 15) is 4.79 Å². The fraction of sp³-hybridized carbons (Fsp3) is 0.944. The van der Waals surface area contributed by atoms with Gasteiger partial charge in [-0.2, -0.15) is 0 Å². The number of carbonyl (C=O) groups excluding carboxylic acids is 1. The van der Waals surface area contributed by atoms with Crippen molar-refractivity contribution in [2.45, 2.75) is 69.9 Å². The van der Waals surface area contributed by atoms with Gasteiger partial charge in [0.1, 0.15) is 0 Å². The molecule has 23 heavy (non-hydrogen) atoms. The van der Waals surface area contributed by atoms with Crippen LogP contribution in [0, 0.1) is 0 Å². The summed E-state index contributed by atoms with van der Waals surface area (Å²) in [6.45, 7) is 6.33. The molecule has 1 aliphatic carbocycles. The molecule has 132 valence electrons. The van der Waals surface area contributed by atoms with Crippen molar-refractivity contribution in [3.8, 4) is 0 Å². The third-order valence-electron chi connectivity index (χ3n) is 5.77. The molecule has 1 atom stereocenters. The van der Waals surface area contributed by atoms with E-state index in [4.69, 9.17) is 0 Å². The van der Waals surface area contributed by atoms with Crippen molar-refractivity contribution in [2.75, 3.05) is 39.3 Å². The average molecular weight is 322 g/mol. The van der Waals surface area contributed by atoms with Crippen molar-refractivity contribution in [3.63, 3.8) is 0 Å². The summed E-state index contributed by atoms with van der Waals surface area (Å²) >= 11 is 0. The molecule has 2 amide bonds. The van der Waals surface area contributed by atoms with Crippen LogP contribution in [0.3, 0.4) is 0 Å². The van der Waals surface area contributed by atoms with Crippen LogP contribution in [-0.2, 0) is 0 Å². The number of hydrogen-bond acceptors (Lipinski definition) is 3. The van der Waals surface area contributed by atoms with E-state index in [0.29, 0.717) is 12.1 Å². The predicted octanol–water partition coefficient (Wildman–Crippen LogP) is 2.18. The largest absolute Gasteiger partial charge is 0.335 e. The molecule has 1 saturated carbocycles. The van der Waals surface area contributed by atoms with Gasteiger partial charge in [-0.3, -0.25) is 0 Å². The topological polar surface area (TPSA) is 47.6 Å². The predicted molar refractivity (Wildman–Crippen MR) is 93.7 cm³/mol. The van der Waals surface area contributed by atoms with Crippen molar-refractivity contribution < 1.29 is 4.79 Å². The highest BCUT2D eigenvalue weighted by molar-refractivity contribution is 5.75. The number of rotatable bonds is 5. The number of nitrogens with one attached hydrogen (secondary N) is 2. The summed E-state index contributed by atoms with van der Waals surface area (Å²) in [5, 5.41) is 6.74. The zero-order chi connectivity index (χ0) is 15.9. The van der Waals surface area contributed by atoms with Gasteiger partial charge < -0.3 is 20.4 Å². The minimum absolute atomic E-state index is 0.183. The fourth-order valence-electron chi connectivity index (χ4n) is 4.29. The van der Waals surface area contributed by atoms with Crippen molar-refractivity contribution in [3.05, 3.63) is 0 Å². The highest BCUT2D eigenvalue weighted by Crippen LogP contribution is 2.18. The van der Waals surface area contributed by atoms with Gasteiger partial charge in [0.05, 0.1) is 0 Å². The number of likely N-dealkylation sites (tertiary alicyclic amines) is 1. The molecule has 0 aromatic rings. The minimum Gasteiger partial charge on any atom is -0.335 e. The summed E-state index contributed by atoms with van der Waals surface area (Å²) in [6, 6.07) is 0.967. The quantitative estimate of drug-likeness (QED) is 0.815. The van der Waals surface area contributed by atoms with Gasteiger partial charge in [-0.15, -0.1) is 0 Å². The number of amides is 2. The first-order valence-corrected chi connectivity index (χ1v) is 9.83. The van der Waals surface area contributed by atoms with Crippen LogP contribution in [-0.4, -0.2) is 67.2 Å². The van der Waals surface area contributed by atoms with Gasteiger partial charge >= 0.3 is 6.03 Å². The molecule has 2 aliphatic heterocycles. The van der Waals surface area contributed by atoms with Gasteiger partial charge in [-0.25, -0.2) is 4.79 Å². The number of carbonyl (C=O) groups is 1. The molecule has 3 rings (SSSR count). The molecule has 0 radical (unpaired) electrons. The maximum absolute atomic E-state index is 12.8. The van der Waals surface area contributed by atoms with E-state index in [-0.39, 0.29) is 6.03 Å². The monoisotopic (exact) mass is 322 g/mol. The van der Waals surface area contributed by atoms with E-state index < -0.39 is 0 Å². The average Bonchev–Trinajstić information content (AvgIpc) is 3.11. The van der Waals surface area contributed by atoms with Gasteiger partial charge in [-0.1, -0.05) is 25.7 Å². The van der Waals surface area contributed by atoms with Crippen LogP contribution in [0.2, 0.25) is 0 Å². The fourth-order valence-corrected chi connectivity index (χ4v) is 4.29. The molecule has 5 heteroatoms. The maximum atomic E-state index is 12.8. The molecule has 3 aliphatic rings. The van der Waals surface area contributed by atoms with Crippen LogP contribution in [0.4, 0.5) is 4.79 Å². The van der Waals surface area contributed by atoms with Crippen LogP contribution >= 0.6 is 0 Å². The molecular formula is C18H34N4O. The second-order valence-corrected chi connectivity index (χ2v) is 7.53. The first-order valence-electron chi connectivity index (χ1n) is 9.83. The Hall–Kier alpha value is -0.810. The van der Waals surface area contributed by atoms with Crippen LogP contribution in [0.1, 0.15) is 57.8 Å². The van der Waals surface area contributed by atoms with Gasteiger partial charge in [-0.05, 0) is 51.7 Å². The number of urea groups is 1. The summed E-state index contributed by atoms with van der Waals surface area (Å²) < 4.78 is 0. The Kier molecular flexibility index (Phi) is 6.57. The van der Waals surface area contributed by atoms with Crippen molar-refractivity contribution in [1.82, 2.24) is 20.4 Å². The number of piperidine rings is 1. The Morgan fingerprint density at radius 2 is 1.78 bits per heavy atom. The number of hydrogen-bond donors (Lipinski definition) is 2. The smallest absolute Gasteiger partial charge is 0.317 e. The first kappa shape index (κ1) is 17.0. The highest BCUT2D eigenvalue weighted by atomic mass is 16.2. The Balaban J connectivity index is 1.52. The second-order valence-electron chi connectivity index (χ2n) is 7.53. The van der Waals surface area contributed by atoms with E-state index in [2.05, 4.69) is 20.4 Å². The lowest BCUT2D eigenvalue weighted by Crippen LogP contribution is -2.52. The molecule has 5 nitrogen and oxygen atoms in total. The van der Waals surface area contributed by atoms with Crippen molar-refractivity contribution in [1.29, 1.82) is 0 Å². The molecule has 0 bridgehead atoms. The Morgan fingerprint density at radius 3 is 2.48 bits per heavy atom. The standard InChI is InChI=1S/C18H34N4O/c23-18(20-16-7-3-1-4-8-16)22(17-9-10-19-15-17)14-13-21-11-5-2-6-12-21/h16-17,19H,1-15H2,(H,20,23). The Labute approximate surface area is 141 Å². The van der Waals surface area contributed by atoms with Crippen LogP contribution in [0.15, 0.2) is 0 Å². The molecule has 0 aromatic carbocycles. The third-order valence-corrected chi connectivity index (χ3v) is 5.77. The SMILES string of the molecule is O=C(NC1CCCCC1)N(CCN1CCCCC1)C1CCNC1. The molecule has 3 fully saturated rings. The van der Waals surface area contributed by atoms with Crippen molar-refractivity contribution >= 4 is 6.03 Å². The van der Waals surface area contributed by atoms with Gasteiger partial charge in [0.2, 0.25) is 0 Å². The lowest BCUT2D eigenvalue weighted by Gasteiger charge is -2.34. The van der Waals surface area contributed by atoms with E-state index in [1.807, 2.05) is 0 Å². The number of nitrogens with zero attached hydrogens (tertiary/aromatic N) is 2. The van der Waals surface area contributed by atoms with E-state index in [1.165, 1.54) is 51.6 Å². The minimum atomic E-state index is 0.183. The molecule has 1 unspecified atom stereocenters. The van der Waals surface area contributed by atoms with Gasteiger partial charge in [0.25, 0.3) is 0 Å². The summed E-state index contributed by atoms with van der Waals surface area (Å²) in [6.07, 6.45) is 11.3. The van der Waals surface area contributed by atoms with Gasteiger partial charge in [0.15, 0.2) is 0 Å². The summed E-state index contributed by atoms with van der Waals surface area (Å²) in [5.74, 6) is 0. The second kappa shape index (κ2) is 8.88. The van der Waals surface area contributed by atoms with E-state index in [0.717, 1.165) is 45.4 Å². The molecule has 2 saturated heterocycles.